The van der Waals surface area contributed by atoms with Crippen molar-refractivity contribution in [2.45, 2.75) is 12.8 Å². The molecule has 0 saturated carbocycles. The zero-order valence-corrected chi connectivity index (χ0v) is 15.9. The van der Waals surface area contributed by atoms with E-state index in [2.05, 4.69) is 49.4 Å². The number of carbonyl (C=O) groups excluding carboxylic acids is 1. The van der Waals surface area contributed by atoms with Crippen LogP contribution in [0.25, 0.3) is 10.9 Å². The van der Waals surface area contributed by atoms with Crippen molar-refractivity contribution in [3.05, 3.63) is 83.9 Å². The lowest BCUT2D eigenvalue weighted by atomic mass is 10.1. The molecule has 6 heteroatoms. The van der Waals surface area contributed by atoms with E-state index in [1.54, 1.807) is 12.4 Å². The van der Waals surface area contributed by atoms with Crippen molar-refractivity contribution < 1.29 is 4.79 Å². The normalized spacial score (nSPS) is 12.9. The van der Waals surface area contributed by atoms with E-state index in [1.807, 2.05) is 30.5 Å². The standard InChI is InChI=1S/C23H21N5O/c29-23(24-11-9-17-13-25-19-7-3-2-6-18(17)19)20-14-27-22(15-26-20)28-12-10-16-5-1-4-8-21(16)28/h1-8,13-15,25H,9-12H2,(H,24,29). The van der Waals surface area contributed by atoms with Crippen LogP contribution in [0, 0.1) is 0 Å². The molecule has 0 saturated heterocycles. The summed E-state index contributed by atoms with van der Waals surface area (Å²) in [5, 5.41) is 4.13. The Morgan fingerprint density at radius 2 is 1.93 bits per heavy atom. The van der Waals surface area contributed by atoms with E-state index < -0.39 is 0 Å². The monoisotopic (exact) mass is 383 g/mol. The fourth-order valence-corrected chi connectivity index (χ4v) is 3.89. The summed E-state index contributed by atoms with van der Waals surface area (Å²) in [6, 6.07) is 16.5. The van der Waals surface area contributed by atoms with E-state index in [4.69, 9.17) is 0 Å². The smallest absolute Gasteiger partial charge is 0.271 e. The molecule has 0 fully saturated rings. The van der Waals surface area contributed by atoms with Crippen LogP contribution in [0.15, 0.2) is 67.1 Å². The lowest BCUT2D eigenvalue weighted by Gasteiger charge is -2.17. The predicted molar refractivity (Wildman–Crippen MR) is 114 cm³/mol. The number of benzene rings is 2. The molecule has 0 spiro atoms. The van der Waals surface area contributed by atoms with Gasteiger partial charge in [-0.25, -0.2) is 9.97 Å². The molecule has 3 heterocycles. The van der Waals surface area contributed by atoms with Crippen LogP contribution in [0.1, 0.15) is 21.6 Å². The molecule has 5 rings (SSSR count). The average molecular weight is 383 g/mol. The number of hydrogen-bond donors (Lipinski definition) is 2. The van der Waals surface area contributed by atoms with Crippen molar-refractivity contribution in [2.24, 2.45) is 0 Å². The molecular formula is C23H21N5O. The van der Waals surface area contributed by atoms with Gasteiger partial charge in [-0.3, -0.25) is 4.79 Å². The first-order valence-electron chi connectivity index (χ1n) is 9.80. The Kier molecular flexibility index (Phi) is 4.44. The first-order valence-corrected chi connectivity index (χ1v) is 9.80. The minimum atomic E-state index is -0.203. The molecular weight excluding hydrogens is 362 g/mol. The third-order valence-corrected chi connectivity index (χ3v) is 5.39. The van der Waals surface area contributed by atoms with Gasteiger partial charge in [-0.15, -0.1) is 0 Å². The molecule has 0 radical (unpaired) electrons. The van der Waals surface area contributed by atoms with Crippen LogP contribution in [0.2, 0.25) is 0 Å². The lowest BCUT2D eigenvalue weighted by molar-refractivity contribution is 0.0949. The molecule has 2 aromatic heterocycles. The molecule has 6 nitrogen and oxygen atoms in total. The number of H-pyrrole nitrogens is 1. The summed E-state index contributed by atoms with van der Waals surface area (Å²) in [6.45, 7) is 1.42. The molecule has 0 aliphatic carbocycles. The fraction of sp³-hybridized carbons (Fsp3) is 0.174. The second kappa shape index (κ2) is 7.39. The van der Waals surface area contributed by atoms with Gasteiger partial charge in [0.2, 0.25) is 0 Å². The Morgan fingerprint density at radius 1 is 1.07 bits per heavy atom. The van der Waals surface area contributed by atoms with Crippen molar-refractivity contribution in [2.75, 3.05) is 18.0 Å². The molecule has 0 unspecified atom stereocenters. The summed E-state index contributed by atoms with van der Waals surface area (Å²) < 4.78 is 0. The van der Waals surface area contributed by atoms with E-state index in [9.17, 15) is 4.79 Å². The number of para-hydroxylation sites is 2. The van der Waals surface area contributed by atoms with Gasteiger partial charge in [-0.1, -0.05) is 36.4 Å². The molecule has 1 amide bonds. The number of nitrogens with one attached hydrogen (secondary N) is 2. The van der Waals surface area contributed by atoms with Crippen LogP contribution in [0.5, 0.6) is 0 Å². The van der Waals surface area contributed by atoms with Gasteiger partial charge in [-0.2, -0.15) is 0 Å². The van der Waals surface area contributed by atoms with Crippen LogP contribution in [-0.2, 0) is 12.8 Å². The van der Waals surface area contributed by atoms with Crippen LogP contribution >= 0.6 is 0 Å². The highest BCUT2D eigenvalue weighted by molar-refractivity contribution is 5.92. The van der Waals surface area contributed by atoms with Gasteiger partial charge in [0.1, 0.15) is 5.69 Å². The molecule has 1 aliphatic heterocycles. The molecule has 1 aliphatic rings. The van der Waals surface area contributed by atoms with Crippen molar-refractivity contribution in [3.8, 4) is 0 Å². The first kappa shape index (κ1) is 17.4. The number of hydrogen-bond acceptors (Lipinski definition) is 4. The Morgan fingerprint density at radius 3 is 2.83 bits per heavy atom. The van der Waals surface area contributed by atoms with Gasteiger partial charge in [0.25, 0.3) is 5.91 Å². The maximum atomic E-state index is 12.4. The van der Waals surface area contributed by atoms with E-state index >= 15 is 0 Å². The van der Waals surface area contributed by atoms with E-state index in [0.717, 1.165) is 36.4 Å². The van der Waals surface area contributed by atoms with Gasteiger partial charge in [0.05, 0.1) is 12.4 Å². The Bertz CT molecular complexity index is 1170. The summed E-state index contributed by atoms with van der Waals surface area (Å²) >= 11 is 0. The summed E-state index contributed by atoms with van der Waals surface area (Å²) in [4.78, 5) is 26.6. The van der Waals surface area contributed by atoms with Crippen molar-refractivity contribution in [3.63, 3.8) is 0 Å². The average Bonchev–Trinajstić information content (AvgIpc) is 3.38. The van der Waals surface area contributed by atoms with Gasteiger partial charge < -0.3 is 15.2 Å². The van der Waals surface area contributed by atoms with E-state index in [1.165, 1.54) is 16.5 Å². The molecule has 0 bridgehead atoms. The van der Waals surface area contributed by atoms with Crippen LogP contribution in [0.3, 0.4) is 0 Å². The number of anilines is 2. The minimum Gasteiger partial charge on any atom is -0.361 e. The zero-order valence-electron chi connectivity index (χ0n) is 15.9. The molecule has 2 N–H and O–H groups in total. The van der Waals surface area contributed by atoms with E-state index in [-0.39, 0.29) is 5.91 Å². The Labute approximate surface area is 168 Å². The Hall–Kier alpha value is -3.67. The molecule has 2 aromatic carbocycles. The number of aromatic amines is 1. The molecule has 144 valence electrons. The number of amides is 1. The minimum absolute atomic E-state index is 0.203. The molecule has 4 aromatic rings. The summed E-state index contributed by atoms with van der Waals surface area (Å²) in [6.07, 6.45) is 6.98. The number of rotatable bonds is 5. The summed E-state index contributed by atoms with van der Waals surface area (Å²) in [5.74, 6) is 0.566. The molecule has 0 atom stereocenters. The van der Waals surface area contributed by atoms with Gasteiger partial charge in [0, 0.05) is 35.9 Å². The SMILES string of the molecule is O=C(NCCc1c[nH]c2ccccc12)c1cnc(N2CCc3ccccc32)cn1. The van der Waals surface area contributed by atoms with Gasteiger partial charge in [-0.05, 0) is 36.1 Å². The second-order valence-electron chi connectivity index (χ2n) is 7.16. The van der Waals surface area contributed by atoms with Crippen molar-refractivity contribution in [1.82, 2.24) is 20.3 Å². The van der Waals surface area contributed by atoms with E-state index in [0.29, 0.717) is 12.2 Å². The first-order chi connectivity index (χ1) is 14.3. The van der Waals surface area contributed by atoms with Crippen molar-refractivity contribution in [1.29, 1.82) is 0 Å². The third kappa shape index (κ3) is 3.33. The maximum Gasteiger partial charge on any atom is 0.271 e. The van der Waals surface area contributed by atoms with Crippen LogP contribution < -0.4 is 10.2 Å². The topological polar surface area (TPSA) is 73.9 Å². The fourth-order valence-electron chi connectivity index (χ4n) is 3.89. The molecule has 29 heavy (non-hydrogen) atoms. The highest BCUT2D eigenvalue weighted by atomic mass is 16.1. The maximum absolute atomic E-state index is 12.4. The van der Waals surface area contributed by atoms with Crippen LogP contribution in [-0.4, -0.2) is 33.9 Å². The number of aromatic nitrogens is 3. The zero-order chi connectivity index (χ0) is 19.6. The van der Waals surface area contributed by atoms with Gasteiger partial charge >= 0.3 is 0 Å². The second-order valence-corrected chi connectivity index (χ2v) is 7.16. The van der Waals surface area contributed by atoms with Crippen molar-refractivity contribution >= 4 is 28.3 Å². The Balaban J connectivity index is 1.22. The predicted octanol–water partition coefficient (Wildman–Crippen LogP) is 3.62. The van der Waals surface area contributed by atoms with Gasteiger partial charge in [0.15, 0.2) is 5.82 Å². The largest absolute Gasteiger partial charge is 0.361 e. The third-order valence-electron chi connectivity index (χ3n) is 5.39. The lowest BCUT2D eigenvalue weighted by Crippen LogP contribution is -2.27. The van der Waals surface area contributed by atoms with Crippen LogP contribution in [0.4, 0.5) is 11.5 Å². The summed E-state index contributed by atoms with van der Waals surface area (Å²) in [7, 11) is 0. The highest BCUT2D eigenvalue weighted by Crippen LogP contribution is 2.32. The highest BCUT2D eigenvalue weighted by Gasteiger charge is 2.21. The number of nitrogens with zero attached hydrogens (tertiary/aromatic N) is 3. The summed E-state index contributed by atoms with van der Waals surface area (Å²) in [5.41, 5.74) is 5.11. The quantitative estimate of drug-likeness (QED) is 0.552. The number of carbonyl (C=O) groups is 1. The number of fused-ring (bicyclic) bond motifs is 2.